The Labute approximate surface area is 145 Å². The van der Waals surface area contributed by atoms with E-state index >= 15 is 0 Å². The summed E-state index contributed by atoms with van der Waals surface area (Å²) in [5.74, 6) is 0.790. The standard InChI is InChI=1S/C18H19N5O2/c1-23-9-7-12(11-23)25-16-6-5-14-17(22-16)13(10-20-14)18(24)21-15-4-2-3-8-19-15/h2-6,8,10,12,20H,7,9,11H2,1H3,(H,19,21,24). The Hall–Kier alpha value is -2.93. The SMILES string of the molecule is CN1CCC(Oc2ccc3[nH]cc(C(=O)Nc4ccccn4)c3n2)C1. The summed E-state index contributed by atoms with van der Waals surface area (Å²) in [5, 5.41) is 2.78. The molecule has 1 amide bonds. The number of fused-ring (bicyclic) bond motifs is 1. The van der Waals surface area contributed by atoms with E-state index in [1.54, 1.807) is 24.5 Å². The molecular formula is C18H19N5O2. The Kier molecular flexibility index (Phi) is 4.07. The number of carbonyl (C=O) groups is 1. The Bertz CT molecular complexity index is 893. The largest absolute Gasteiger partial charge is 0.473 e. The number of likely N-dealkylation sites (N-methyl/N-ethyl adjacent to an activating group) is 1. The van der Waals surface area contributed by atoms with E-state index < -0.39 is 0 Å². The van der Waals surface area contributed by atoms with Crippen LogP contribution in [0.25, 0.3) is 11.0 Å². The van der Waals surface area contributed by atoms with Crippen molar-refractivity contribution in [1.82, 2.24) is 19.9 Å². The number of carbonyl (C=O) groups excluding carboxylic acids is 1. The molecule has 7 nitrogen and oxygen atoms in total. The van der Waals surface area contributed by atoms with Crippen LogP contribution in [0.1, 0.15) is 16.8 Å². The summed E-state index contributed by atoms with van der Waals surface area (Å²) < 4.78 is 5.97. The van der Waals surface area contributed by atoms with Crippen LogP contribution in [0, 0.1) is 0 Å². The van der Waals surface area contributed by atoms with Gasteiger partial charge in [-0.2, -0.15) is 0 Å². The maximum Gasteiger partial charge on any atom is 0.260 e. The van der Waals surface area contributed by atoms with E-state index in [-0.39, 0.29) is 12.0 Å². The number of H-pyrrole nitrogens is 1. The number of aromatic amines is 1. The van der Waals surface area contributed by atoms with Gasteiger partial charge in [-0.15, -0.1) is 0 Å². The first-order valence-electron chi connectivity index (χ1n) is 8.25. The second-order valence-corrected chi connectivity index (χ2v) is 6.21. The molecule has 1 unspecified atom stereocenters. The molecule has 3 aromatic rings. The van der Waals surface area contributed by atoms with E-state index in [0.29, 0.717) is 22.8 Å². The third-order valence-electron chi connectivity index (χ3n) is 4.28. The van der Waals surface area contributed by atoms with Gasteiger partial charge in [-0.1, -0.05) is 6.07 Å². The molecule has 1 atom stereocenters. The number of amides is 1. The molecule has 7 heteroatoms. The second-order valence-electron chi connectivity index (χ2n) is 6.21. The number of nitrogens with one attached hydrogen (secondary N) is 2. The molecule has 4 rings (SSSR count). The zero-order valence-corrected chi connectivity index (χ0v) is 13.9. The summed E-state index contributed by atoms with van der Waals surface area (Å²) in [6, 6.07) is 9.07. The molecule has 0 aliphatic carbocycles. The number of pyridine rings is 2. The molecule has 0 saturated carbocycles. The third kappa shape index (κ3) is 3.32. The minimum absolute atomic E-state index is 0.139. The fourth-order valence-corrected chi connectivity index (χ4v) is 3.00. The van der Waals surface area contributed by atoms with Crippen molar-refractivity contribution < 1.29 is 9.53 Å². The van der Waals surface area contributed by atoms with Crippen molar-refractivity contribution >= 4 is 22.8 Å². The molecule has 1 aliphatic rings. The van der Waals surface area contributed by atoms with Crippen LogP contribution < -0.4 is 10.1 Å². The number of hydrogen-bond acceptors (Lipinski definition) is 5. The van der Waals surface area contributed by atoms with Gasteiger partial charge in [0, 0.05) is 31.5 Å². The highest BCUT2D eigenvalue weighted by Gasteiger charge is 2.22. The van der Waals surface area contributed by atoms with Gasteiger partial charge in [0.05, 0.1) is 11.1 Å². The zero-order valence-electron chi connectivity index (χ0n) is 13.9. The summed E-state index contributed by atoms with van der Waals surface area (Å²) >= 11 is 0. The van der Waals surface area contributed by atoms with Crippen molar-refractivity contribution in [2.45, 2.75) is 12.5 Å². The van der Waals surface area contributed by atoms with Gasteiger partial charge < -0.3 is 19.9 Å². The Morgan fingerprint density at radius 2 is 2.28 bits per heavy atom. The highest BCUT2D eigenvalue weighted by Crippen LogP contribution is 2.22. The molecule has 0 aromatic carbocycles. The van der Waals surface area contributed by atoms with Gasteiger partial charge in [0.25, 0.3) is 5.91 Å². The molecule has 25 heavy (non-hydrogen) atoms. The molecule has 0 radical (unpaired) electrons. The Balaban J connectivity index is 1.57. The predicted octanol–water partition coefficient (Wildman–Crippen LogP) is 2.29. The van der Waals surface area contributed by atoms with E-state index in [2.05, 4.69) is 32.2 Å². The Morgan fingerprint density at radius 1 is 1.36 bits per heavy atom. The first-order chi connectivity index (χ1) is 12.2. The lowest BCUT2D eigenvalue weighted by Gasteiger charge is -2.12. The number of likely N-dealkylation sites (tertiary alicyclic amines) is 1. The maximum atomic E-state index is 12.5. The molecule has 3 aromatic heterocycles. The van der Waals surface area contributed by atoms with Crippen LogP contribution in [0.2, 0.25) is 0 Å². The van der Waals surface area contributed by atoms with Crippen LogP contribution in [-0.4, -0.2) is 52.0 Å². The van der Waals surface area contributed by atoms with Crippen molar-refractivity contribution in [3.05, 3.63) is 48.3 Å². The van der Waals surface area contributed by atoms with Gasteiger partial charge in [0.15, 0.2) is 0 Å². The molecule has 1 saturated heterocycles. The van der Waals surface area contributed by atoms with Crippen molar-refractivity contribution in [1.29, 1.82) is 0 Å². The third-order valence-corrected chi connectivity index (χ3v) is 4.28. The molecule has 0 spiro atoms. The van der Waals surface area contributed by atoms with Gasteiger partial charge >= 0.3 is 0 Å². The van der Waals surface area contributed by atoms with Crippen LogP contribution in [0.4, 0.5) is 5.82 Å². The smallest absolute Gasteiger partial charge is 0.260 e. The van der Waals surface area contributed by atoms with Gasteiger partial charge in [0.2, 0.25) is 5.88 Å². The first-order valence-corrected chi connectivity index (χ1v) is 8.25. The molecule has 1 aliphatic heterocycles. The molecule has 0 bridgehead atoms. The monoisotopic (exact) mass is 337 g/mol. The van der Waals surface area contributed by atoms with Crippen LogP contribution in [-0.2, 0) is 0 Å². The summed E-state index contributed by atoms with van der Waals surface area (Å²) in [7, 11) is 2.08. The summed E-state index contributed by atoms with van der Waals surface area (Å²) in [6.07, 6.45) is 4.41. The van der Waals surface area contributed by atoms with E-state index in [1.807, 2.05) is 18.2 Å². The van der Waals surface area contributed by atoms with Crippen molar-refractivity contribution in [2.24, 2.45) is 0 Å². The van der Waals surface area contributed by atoms with E-state index in [9.17, 15) is 4.79 Å². The number of anilines is 1. The summed E-state index contributed by atoms with van der Waals surface area (Å²) in [6.45, 7) is 1.91. The quantitative estimate of drug-likeness (QED) is 0.763. The Morgan fingerprint density at radius 3 is 3.04 bits per heavy atom. The molecule has 2 N–H and O–H groups in total. The molecule has 128 valence electrons. The normalized spacial score (nSPS) is 17.7. The van der Waals surface area contributed by atoms with Gasteiger partial charge in [-0.3, -0.25) is 4.79 Å². The zero-order chi connectivity index (χ0) is 17.2. The second kappa shape index (κ2) is 6.52. The number of hydrogen-bond donors (Lipinski definition) is 2. The fourth-order valence-electron chi connectivity index (χ4n) is 3.00. The van der Waals surface area contributed by atoms with E-state index in [0.717, 1.165) is 25.0 Å². The number of rotatable bonds is 4. The number of aromatic nitrogens is 3. The molecule has 4 heterocycles. The fraction of sp³-hybridized carbons (Fsp3) is 0.278. The van der Waals surface area contributed by atoms with Crippen LogP contribution in [0.15, 0.2) is 42.7 Å². The van der Waals surface area contributed by atoms with Crippen LogP contribution in [0.5, 0.6) is 5.88 Å². The average molecular weight is 337 g/mol. The van der Waals surface area contributed by atoms with Gasteiger partial charge in [0.1, 0.15) is 17.4 Å². The van der Waals surface area contributed by atoms with E-state index in [1.165, 1.54) is 0 Å². The lowest BCUT2D eigenvalue weighted by Crippen LogP contribution is -2.21. The average Bonchev–Trinajstić information content (AvgIpc) is 3.21. The highest BCUT2D eigenvalue weighted by atomic mass is 16.5. The van der Waals surface area contributed by atoms with E-state index in [4.69, 9.17) is 4.74 Å². The summed E-state index contributed by atoms with van der Waals surface area (Å²) in [4.78, 5) is 26.5. The van der Waals surface area contributed by atoms with Gasteiger partial charge in [-0.05, 0) is 31.7 Å². The van der Waals surface area contributed by atoms with Crippen LogP contribution >= 0.6 is 0 Å². The minimum Gasteiger partial charge on any atom is -0.473 e. The molecule has 1 fully saturated rings. The van der Waals surface area contributed by atoms with Crippen molar-refractivity contribution in [2.75, 3.05) is 25.5 Å². The topological polar surface area (TPSA) is 83.1 Å². The number of ether oxygens (including phenoxy) is 1. The predicted molar refractivity (Wildman–Crippen MR) is 94.8 cm³/mol. The lowest BCUT2D eigenvalue weighted by molar-refractivity contribution is 0.102. The highest BCUT2D eigenvalue weighted by molar-refractivity contribution is 6.11. The molecular weight excluding hydrogens is 318 g/mol. The van der Waals surface area contributed by atoms with Crippen LogP contribution in [0.3, 0.4) is 0 Å². The summed E-state index contributed by atoms with van der Waals surface area (Å²) in [5.41, 5.74) is 1.86. The van der Waals surface area contributed by atoms with Crippen molar-refractivity contribution in [3.63, 3.8) is 0 Å². The maximum absolute atomic E-state index is 12.5. The minimum atomic E-state index is -0.254. The lowest BCUT2D eigenvalue weighted by atomic mass is 10.2. The first kappa shape index (κ1) is 15.6. The number of nitrogens with zero attached hydrogens (tertiary/aromatic N) is 3. The van der Waals surface area contributed by atoms with Crippen molar-refractivity contribution in [3.8, 4) is 5.88 Å². The van der Waals surface area contributed by atoms with Gasteiger partial charge in [-0.25, -0.2) is 9.97 Å².